The molecule has 104 valence electrons. The standard InChI is InChI=1S/C14H22N4O/c1-3-18-6-4-5-11(18)8-17-14(19)12-9-16-10(2)7-13(12)15/h7,9,11H,3-6,8H2,1-2H3,(H2,15,16)(H,17,19). The third kappa shape index (κ3) is 3.23. The molecule has 2 heterocycles. The van der Waals surface area contributed by atoms with Crippen molar-refractivity contribution in [3.8, 4) is 0 Å². The summed E-state index contributed by atoms with van der Waals surface area (Å²) in [6, 6.07) is 2.18. The maximum absolute atomic E-state index is 12.1. The summed E-state index contributed by atoms with van der Waals surface area (Å²) in [5.74, 6) is -0.132. The summed E-state index contributed by atoms with van der Waals surface area (Å²) in [6.07, 6.45) is 3.91. The summed E-state index contributed by atoms with van der Waals surface area (Å²) in [4.78, 5) is 18.6. The Labute approximate surface area is 114 Å². The van der Waals surface area contributed by atoms with Gasteiger partial charge in [-0.2, -0.15) is 0 Å². The average molecular weight is 262 g/mol. The number of pyridine rings is 1. The van der Waals surface area contributed by atoms with Crippen LogP contribution < -0.4 is 11.1 Å². The molecule has 1 unspecified atom stereocenters. The number of nitrogens with zero attached hydrogens (tertiary/aromatic N) is 2. The lowest BCUT2D eigenvalue weighted by Gasteiger charge is -2.22. The first-order valence-corrected chi connectivity index (χ1v) is 6.86. The summed E-state index contributed by atoms with van der Waals surface area (Å²) in [6.45, 7) is 6.86. The van der Waals surface area contributed by atoms with Crippen molar-refractivity contribution in [2.24, 2.45) is 0 Å². The summed E-state index contributed by atoms with van der Waals surface area (Å²) in [7, 11) is 0. The van der Waals surface area contributed by atoms with Crippen LogP contribution in [0.2, 0.25) is 0 Å². The molecule has 2 rings (SSSR count). The summed E-state index contributed by atoms with van der Waals surface area (Å²) < 4.78 is 0. The zero-order valence-corrected chi connectivity index (χ0v) is 11.6. The van der Waals surface area contributed by atoms with Gasteiger partial charge in [0, 0.05) is 30.2 Å². The highest BCUT2D eigenvalue weighted by molar-refractivity contribution is 5.98. The fraction of sp³-hybridized carbons (Fsp3) is 0.571. The van der Waals surface area contributed by atoms with Crippen LogP contribution in [-0.2, 0) is 0 Å². The largest absolute Gasteiger partial charge is 0.398 e. The lowest BCUT2D eigenvalue weighted by atomic mass is 10.2. The summed E-state index contributed by atoms with van der Waals surface area (Å²) in [5, 5.41) is 2.96. The van der Waals surface area contributed by atoms with Gasteiger partial charge in [0.1, 0.15) is 0 Å². The van der Waals surface area contributed by atoms with Crippen molar-refractivity contribution < 1.29 is 4.79 Å². The van der Waals surface area contributed by atoms with Crippen molar-refractivity contribution in [1.29, 1.82) is 0 Å². The van der Waals surface area contributed by atoms with Crippen LogP contribution in [0.3, 0.4) is 0 Å². The van der Waals surface area contributed by atoms with E-state index in [0.29, 0.717) is 23.8 Å². The van der Waals surface area contributed by atoms with Crippen LogP contribution >= 0.6 is 0 Å². The number of rotatable bonds is 4. The van der Waals surface area contributed by atoms with Gasteiger partial charge in [-0.25, -0.2) is 0 Å². The van der Waals surface area contributed by atoms with Gasteiger partial charge in [0.05, 0.1) is 5.56 Å². The number of amides is 1. The van der Waals surface area contributed by atoms with E-state index in [1.807, 2.05) is 6.92 Å². The Morgan fingerprint density at radius 2 is 2.42 bits per heavy atom. The number of hydrogen-bond donors (Lipinski definition) is 2. The Hall–Kier alpha value is -1.62. The highest BCUT2D eigenvalue weighted by atomic mass is 16.1. The SMILES string of the molecule is CCN1CCCC1CNC(=O)c1cnc(C)cc1N. The molecule has 0 saturated carbocycles. The number of nitrogens with one attached hydrogen (secondary N) is 1. The molecule has 1 aliphatic rings. The topological polar surface area (TPSA) is 71.2 Å². The minimum atomic E-state index is -0.132. The Morgan fingerprint density at radius 1 is 1.63 bits per heavy atom. The minimum absolute atomic E-state index is 0.132. The van der Waals surface area contributed by atoms with Gasteiger partial charge in [-0.1, -0.05) is 6.92 Å². The normalized spacial score (nSPS) is 19.6. The smallest absolute Gasteiger partial charge is 0.255 e. The zero-order valence-electron chi connectivity index (χ0n) is 11.6. The molecule has 1 aliphatic heterocycles. The Balaban J connectivity index is 1.94. The predicted molar refractivity (Wildman–Crippen MR) is 76.0 cm³/mol. The van der Waals surface area contributed by atoms with Crippen LogP contribution in [0.25, 0.3) is 0 Å². The van der Waals surface area contributed by atoms with Gasteiger partial charge in [0.15, 0.2) is 0 Å². The van der Waals surface area contributed by atoms with Crippen LogP contribution in [0.4, 0.5) is 5.69 Å². The van der Waals surface area contributed by atoms with Gasteiger partial charge < -0.3 is 11.1 Å². The molecule has 0 aliphatic carbocycles. The van der Waals surface area contributed by atoms with Crippen molar-refractivity contribution in [2.75, 3.05) is 25.4 Å². The first-order valence-electron chi connectivity index (χ1n) is 6.86. The molecule has 5 nitrogen and oxygen atoms in total. The van der Waals surface area contributed by atoms with Crippen LogP contribution in [-0.4, -0.2) is 41.5 Å². The number of nitrogens with two attached hydrogens (primary N) is 1. The molecular weight excluding hydrogens is 240 g/mol. The predicted octanol–water partition coefficient (Wildman–Crippen LogP) is 1.19. The first-order chi connectivity index (χ1) is 9.11. The van der Waals surface area contributed by atoms with E-state index in [-0.39, 0.29) is 5.91 Å². The van der Waals surface area contributed by atoms with Crippen LogP contribution in [0, 0.1) is 6.92 Å². The molecule has 19 heavy (non-hydrogen) atoms. The first kappa shape index (κ1) is 13.8. The maximum atomic E-state index is 12.1. The number of likely N-dealkylation sites (tertiary alicyclic amines) is 1. The van der Waals surface area contributed by atoms with E-state index < -0.39 is 0 Å². The number of nitrogen functional groups attached to an aromatic ring is 1. The number of likely N-dealkylation sites (N-methyl/N-ethyl adjacent to an activating group) is 1. The number of carbonyl (C=O) groups excluding carboxylic acids is 1. The van der Waals surface area contributed by atoms with Gasteiger partial charge in [-0.15, -0.1) is 0 Å². The highest BCUT2D eigenvalue weighted by Crippen LogP contribution is 2.16. The molecule has 3 N–H and O–H groups in total. The average Bonchev–Trinajstić information content (AvgIpc) is 2.83. The fourth-order valence-electron chi connectivity index (χ4n) is 2.62. The second-order valence-corrected chi connectivity index (χ2v) is 5.05. The van der Waals surface area contributed by atoms with Crippen molar-refractivity contribution in [1.82, 2.24) is 15.2 Å². The summed E-state index contributed by atoms with van der Waals surface area (Å²) in [5.41, 5.74) is 7.62. The zero-order chi connectivity index (χ0) is 13.8. The third-order valence-electron chi connectivity index (χ3n) is 3.72. The van der Waals surface area contributed by atoms with Gasteiger partial charge in [-0.05, 0) is 38.9 Å². The second kappa shape index (κ2) is 6.02. The second-order valence-electron chi connectivity index (χ2n) is 5.05. The van der Waals surface area contributed by atoms with E-state index in [4.69, 9.17) is 5.73 Å². The van der Waals surface area contributed by atoms with E-state index in [1.165, 1.54) is 6.42 Å². The number of aromatic nitrogens is 1. The lowest BCUT2D eigenvalue weighted by Crippen LogP contribution is -2.40. The van der Waals surface area contributed by atoms with Crippen LogP contribution in [0.1, 0.15) is 35.8 Å². The third-order valence-corrected chi connectivity index (χ3v) is 3.72. The Bertz CT molecular complexity index is 461. The van der Waals surface area contributed by atoms with E-state index >= 15 is 0 Å². The molecule has 1 aromatic heterocycles. The minimum Gasteiger partial charge on any atom is -0.398 e. The van der Waals surface area contributed by atoms with E-state index in [9.17, 15) is 4.79 Å². The van der Waals surface area contributed by atoms with E-state index in [2.05, 4.69) is 22.1 Å². The molecule has 0 radical (unpaired) electrons. The van der Waals surface area contributed by atoms with E-state index in [0.717, 1.165) is 25.2 Å². The molecule has 0 aromatic carbocycles. The molecule has 1 saturated heterocycles. The van der Waals surface area contributed by atoms with Gasteiger partial charge in [0.25, 0.3) is 5.91 Å². The fourth-order valence-corrected chi connectivity index (χ4v) is 2.62. The lowest BCUT2D eigenvalue weighted by molar-refractivity contribution is 0.0942. The van der Waals surface area contributed by atoms with Crippen molar-refractivity contribution in [3.05, 3.63) is 23.5 Å². The quantitative estimate of drug-likeness (QED) is 0.855. The molecule has 1 atom stereocenters. The molecule has 0 bridgehead atoms. The molecule has 1 aromatic rings. The molecule has 1 amide bonds. The van der Waals surface area contributed by atoms with Gasteiger partial charge in [-0.3, -0.25) is 14.7 Å². The maximum Gasteiger partial charge on any atom is 0.255 e. The van der Waals surface area contributed by atoms with Crippen LogP contribution in [0.5, 0.6) is 0 Å². The highest BCUT2D eigenvalue weighted by Gasteiger charge is 2.23. The molecule has 1 fully saturated rings. The molecular formula is C14H22N4O. The molecule has 5 heteroatoms. The molecule has 0 spiro atoms. The van der Waals surface area contributed by atoms with E-state index in [1.54, 1.807) is 12.3 Å². The van der Waals surface area contributed by atoms with Gasteiger partial charge >= 0.3 is 0 Å². The van der Waals surface area contributed by atoms with Crippen LogP contribution in [0.15, 0.2) is 12.3 Å². The number of aryl methyl sites for hydroxylation is 1. The van der Waals surface area contributed by atoms with Crippen molar-refractivity contribution >= 4 is 11.6 Å². The van der Waals surface area contributed by atoms with Crippen molar-refractivity contribution in [3.63, 3.8) is 0 Å². The Kier molecular flexibility index (Phi) is 4.37. The number of carbonyl (C=O) groups is 1. The van der Waals surface area contributed by atoms with Gasteiger partial charge in [0.2, 0.25) is 0 Å². The monoisotopic (exact) mass is 262 g/mol. The number of anilines is 1. The van der Waals surface area contributed by atoms with Crippen molar-refractivity contribution in [2.45, 2.75) is 32.7 Å². The summed E-state index contributed by atoms with van der Waals surface area (Å²) >= 11 is 0. The Morgan fingerprint density at radius 3 is 3.11 bits per heavy atom. The number of hydrogen-bond acceptors (Lipinski definition) is 4.